The largest absolute Gasteiger partial charge is 0.426 e. The number of nitrogens with zero attached hydrogens (tertiary/aromatic N) is 1. The highest BCUT2D eigenvalue weighted by Gasteiger charge is 2.37. The maximum absolute atomic E-state index is 11.0. The van der Waals surface area contributed by atoms with Crippen LogP contribution >= 0.6 is 0 Å². The van der Waals surface area contributed by atoms with Crippen LogP contribution in [0.4, 0.5) is 0 Å². The van der Waals surface area contributed by atoms with Crippen molar-refractivity contribution in [1.82, 2.24) is 0 Å². The third-order valence-electron chi connectivity index (χ3n) is 3.01. The Morgan fingerprint density at radius 3 is 2.76 bits per heavy atom. The van der Waals surface area contributed by atoms with Crippen LogP contribution in [0.5, 0.6) is 5.75 Å². The predicted octanol–water partition coefficient (Wildman–Crippen LogP) is -0.530. The molecule has 7 heteroatoms. The van der Waals surface area contributed by atoms with Gasteiger partial charge in [-0.25, -0.2) is 0 Å². The number of aliphatic hydroxyl groups excluding tert-OH is 3. The van der Waals surface area contributed by atoms with E-state index in [0.717, 1.165) is 0 Å². The second-order valence-electron chi connectivity index (χ2n) is 4.68. The molecule has 4 atom stereocenters. The zero-order chi connectivity index (χ0) is 15.4. The van der Waals surface area contributed by atoms with E-state index in [2.05, 4.69) is 4.99 Å². The molecule has 1 unspecified atom stereocenters. The molecule has 3 N–H and O–H groups in total. The second kappa shape index (κ2) is 6.77. The van der Waals surface area contributed by atoms with Crippen molar-refractivity contribution in [3.05, 3.63) is 29.8 Å². The lowest BCUT2D eigenvalue weighted by Gasteiger charge is -2.32. The Hall–Kier alpha value is -1.80. The normalized spacial score (nSPS) is 29.5. The van der Waals surface area contributed by atoms with Gasteiger partial charge in [-0.1, -0.05) is 12.1 Å². The van der Waals surface area contributed by atoms with Gasteiger partial charge < -0.3 is 24.8 Å². The summed E-state index contributed by atoms with van der Waals surface area (Å²) in [6, 6.07) is 6.74. The topological polar surface area (TPSA) is 109 Å². The fraction of sp³-hybridized carbons (Fsp3) is 0.429. The number of carbonyl (C=O) groups excluding carboxylic acids is 1. The standard InChI is InChI=1S/C14H17NO6/c1-8(16)21-11-5-3-2-4-9(11)6-15-14-13(19)12(18)10(17)7-20-14/h2-6,10,12-14,17-19H,7H2,1H3/t10-,12-,13+,14?/m1/s1. The lowest BCUT2D eigenvalue weighted by molar-refractivity contribution is -0.183. The SMILES string of the molecule is CC(=O)Oc1ccccc1C=NC1OC[C@@H](O)[C@@H](O)[C@@H]1O. The number of esters is 1. The zero-order valence-electron chi connectivity index (χ0n) is 11.4. The number of carbonyl (C=O) groups is 1. The number of hydrogen-bond donors (Lipinski definition) is 3. The zero-order valence-corrected chi connectivity index (χ0v) is 11.4. The van der Waals surface area contributed by atoms with Crippen LogP contribution in [0.2, 0.25) is 0 Å². The van der Waals surface area contributed by atoms with E-state index in [4.69, 9.17) is 9.47 Å². The van der Waals surface area contributed by atoms with Gasteiger partial charge in [0, 0.05) is 18.7 Å². The number of aliphatic hydroxyl groups is 3. The molecule has 1 fully saturated rings. The number of benzene rings is 1. The highest BCUT2D eigenvalue weighted by molar-refractivity contribution is 5.85. The summed E-state index contributed by atoms with van der Waals surface area (Å²) in [4.78, 5) is 15.0. The molecule has 1 heterocycles. The van der Waals surface area contributed by atoms with Gasteiger partial charge >= 0.3 is 5.97 Å². The monoisotopic (exact) mass is 295 g/mol. The maximum Gasteiger partial charge on any atom is 0.308 e. The fourth-order valence-electron chi connectivity index (χ4n) is 1.91. The van der Waals surface area contributed by atoms with Crippen molar-refractivity contribution >= 4 is 12.2 Å². The van der Waals surface area contributed by atoms with Crippen LogP contribution in [0.15, 0.2) is 29.3 Å². The summed E-state index contributed by atoms with van der Waals surface area (Å²) in [6.07, 6.45) is -3.39. The van der Waals surface area contributed by atoms with Crippen molar-refractivity contribution in [3.63, 3.8) is 0 Å². The fourth-order valence-corrected chi connectivity index (χ4v) is 1.91. The van der Waals surface area contributed by atoms with Crippen molar-refractivity contribution < 1.29 is 29.6 Å². The van der Waals surface area contributed by atoms with Crippen molar-refractivity contribution in [2.24, 2.45) is 4.99 Å². The molecule has 0 radical (unpaired) electrons. The van der Waals surface area contributed by atoms with Crippen molar-refractivity contribution in [3.8, 4) is 5.75 Å². The molecule has 0 bridgehead atoms. The summed E-state index contributed by atoms with van der Waals surface area (Å²) in [5.41, 5.74) is 0.532. The lowest BCUT2D eigenvalue weighted by atomic mass is 10.0. The molecule has 0 amide bonds. The van der Waals surface area contributed by atoms with Crippen molar-refractivity contribution in [2.45, 2.75) is 31.5 Å². The molecule has 1 aliphatic heterocycles. The maximum atomic E-state index is 11.0. The highest BCUT2D eigenvalue weighted by atomic mass is 16.5. The van der Waals surface area contributed by atoms with Crippen LogP contribution in [-0.2, 0) is 9.53 Å². The van der Waals surface area contributed by atoms with Crippen LogP contribution in [0.3, 0.4) is 0 Å². The Kier molecular flexibility index (Phi) is 5.03. The molecule has 1 aromatic carbocycles. The minimum Gasteiger partial charge on any atom is -0.426 e. The van der Waals surface area contributed by atoms with Gasteiger partial charge in [0.25, 0.3) is 0 Å². The average Bonchev–Trinajstić information content (AvgIpc) is 2.45. The Labute approximate surface area is 121 Å². The number of ether oxygens (including phenoxy) is 2. The number of hydrogen-bond acceptors (Lipinski definition) is 7. The van der Waals surface area contributed by atoms with E-state index in [0.29, 0.717) is 11.3 Å². The lowest BCUT2D eigenvalue weighted by Crippen LogP contribution is -2.52. The van der Waals surface area contributed by atoms with Crippen LogP contribution in [0, 0.1) is 0 Å². The molecule has 7 nitrogen and oxygen atoms in total. The molecule has 0 spiro atoms. The van der Waals surface area contributed by atoms with Gasteiger partial charge in [-0.15, -0.1) is 0 Å². The first-order valence-electron chi connectivity index (χ1n) is 6.45. The van der Waals surface area contributed by atoms with E-state index < -0.39 is 30.5 Å². The summed E-state index contributed by atoms with van der Waals surface area (Å²) < 4.78 is 10.2. The Balaban J connectivity index is 2.12. The van der Waals surface area contributed by atoms with E-state index in [1.807, 2.05) is 0 Å². The van der Waals surface area contributed by atoms with E-state index in [1.54, 1.807) is 24.3 Å². The molecule has 2 rings (SSSR count). The number of rotatable bonds is 3. The van der Waals surface area contributed by atoms with Gasteiger partial charge in [0.15, 0.2) is 6.23 Å². The van der Waals surface area contributed by atoms with Crippen LogP contribution in [0.25, 0.3) is 0 Å². The molecule has 1 saturated heterocycles. The minimum atomic E-state index is -1.33. The molecule has 1 aromatic rings. The van der Waals surface area contributed by atoms with Crippen LogP contribution < -0.4 is 4.74 Å². The molecule has 21 heavy (non-hydrogen) atoms. The smallest absolute Gasteiger partial charge is 0.308 e. The van der Waals surface area contributed by atoms with Gasteiger partial charge in [-0.3, -0.25) is 9.79 Å². The van der Waals surface area contributed by atoms with E-state index in [9.17, 15) is 20.1 Å². The molecule has 0 saturated carbocycles. The van der Waals surface area contributed by atoms with Gasteiger partial charge in [-0.05, 0) is 12.1 Å². The molecular weight excluding hydrogens is 278 g/mol. The summed E-state index contributed by atoms with van der Waals surface area (Å²) in [6.45, 7) is 1.17. The first kappa shape index (κ1) is 15.6. The minimum absolute atomic E-state index is 0.119. The van der Waals surface area contributed by atoms with Gasteiger partial charge in [0.1, 0.15) is 24.1 Å². The summed E-state index contributed by atoms with van der Waals surface area (Å²) in [5.74, 6) is -0.122. The molecule has 1 aliphatic rings. The molecule has 0 aromatic heterocycles. The average molecular weight is 295 g/mol. The van der Waals surface area contributed by atoms with E-state index >= 15 is 0 Å². The van der Waals surface area contributed by atoms with Crippen molar-refractivity contribution in [2.75, 3.05) is 6.61 Å². The third kappa shape index (κ3) is 3.85. The van der Waals surface area contributed by atoms with Crippen molar-refractivity contribution in [1.29, 1.82) is 0 Å². The number of aliphatic imine (C=N–C) groups is 1. The number of para-hydroxylation sites is 1. The van der Waals surface area contributed by atoms with Crippen LogP contribution in [-0.4, -0.2) is 58.7 Å². The van der Waals surface area contributed by atoms with Gasteiger partial charge in [-0.2, -0.15) is 0 Å². The molecule has 114 valence electrons. The Morgan fingerprint density at radius 1 is 1.33 bits per heavy atom. The second-order valence-corrected chi connectivity index (χ2v) is 4.68. The Morgan fingerprint density at radius 2 is 2.05 bits per heavy atom. The van der Waals surface area contributed by atoms with E-state index in [1.165, 1.54) is 13.1 Å². The third-order valence-corrected chi connectivity index (χ3v) is 3.01. The van der Waals surface area contributed by atoms with Crippen LogP contribution in [0.1, 0.15) is 12.5 Å². The quantitative estimate of drug-likeness (QED) is 0.393. The predicted molar refractivity (Wildman–Crippen MR) is 73.1 cm³/mol. The summed E-state index contributed by atoms with van der Waals surface area (Å²) >= 11 is 0. The molecular formula is C14H17NO6. The summed E-state index contributed by atoms with van der Waals surface area (Å²) in [5, 5.41) is 28.7. The van der Waals surface area contributed by atoms with E-state index in [-0.39, 0.29) is 6.61 Å². The summed E-state index contributed by atoms with van der Waals surface area (Å²) in [7, 11) is 0. The molecule has 0 aliphatic carbocycles. The van der Waals surface area contributed by atoms with Gasteiger partial charge in [0.05, 0.1) is 6.61 Å². The highest BCUT2D eigenvalue weighted by Crippen LogP contribution is 2.19. The first-order valence-corrected chi connectivity index (χ1v) is 6.45. The Bertz CT molecular complexity index is 532. The first-order chi connectivity index (χ1) is 9.99. The van der Waals surface area contributed by atoms with Gasteiger partial charge in [0.2, 0.25) is 0 Å².